The van der Waals surface area contributed by atoms with Gasteiger partial charge in [-0.1, -0.05) is 26.0 Å². The second-order valence-corrected chi connectivity index (χ2v) is 6.67. The van der Waals surface area contributed by atoms with E-state index in [9.17, 15) is 9.18 Å². The second kappa shape index (κ2) is 12.2. The number of fused-ring (bicyclic) bond motifs is 1. The van der Waals surface area contributed by atoms with Crippen LogP contribution < -0.4 is 11.1 Å². The molecular weight excluding hydrogens is 419 g/mol. The van der Waals surface area contributed by atoms with Crippen LogP contribution in [0.4, 0.5) is 10.1 Å². The molecule has 0 bridgehead atoms. The van der Waals surface area contributed by atoms with Crippen molar-refractivity contribution in [3.8, 4) is 17.2 Å². The van der Waals surface area contributed by atoms with Gasteiger partial charge in [0, 0.05) is 30.0 Å². The number of aromatic nitrogens is 3. The largest absolute Gasteiger partial charge is 0.325 e. The van der Waals surface area contributed by atoms with Crippen molar-refractivity contribution < 1.29 is 9.18 Å². The van der Waals surface area contributed by atoms with Crippen LogP contribution in [0.1, 0.15) is 19.5 Å². The number of halogens is 1. The maximum atomic E-state index is 14.3. The molecule has 1 amide bonds. The van der Waals surface area contributed by atoms with Crippen molar-refractivity contribution >= 4 is 29.2 Å². The minimum atomic E-state index is -0.385. The Hall–Kier alpha value is -3.91. The van der Waals surface area contributed by atoms with Crippen molar-refractivity contribution in [3.63, 3.8) is 0 Å². The molecule has 0 aliphatic rings. The summed E-state index contributed by atoms with van der Waals surface area (Å²) >= 11 is 0. The van der Waals surface area contributed by atoms with Crippen molar-refractivity contribution in [3.05, 3.63) is 72.3 Å². The molecule has 0 saturated heterocycles. The van der Waals surface area contributed by atoms with Crippen molar-refractivity contribution in [2.75, 3.05) is 18.9 Å². The number of aryl methyl sites for hydroxylation is 1. The van der Waals surface area contributed by atoms with Crippen LogP contribution in [0.2, 0.25) is 0 Å². The Labute approximate surface area is 193 Å². The van der Waals surface area contributed by atoms with E-state index in [2.05, 4.69) is 27.0 Å². The molecule has 0 aliphatic carbocycles. The van der Waals surface area contributed by atoms with E-state index in [1.807, 2.05) is 43.7 Å². The second-order valence-electron chi connectivity index (χ2n) is 6.67. The molecule has 8 heteroatoms. The zero-order chi connectivity index (χ0) is 24.4. The third-order valence-electron chi connectivity index (χ3n) is 4.44. The number of nitrogens with zero attached hydrogens (tertiary/aromatic N) is 4. The molecule has 172 valence electrons. The molecule has 0 saturated carbocycles. The molecule has 3 N–H and O–H groups in total. The molecule has 33 heavy (non-hydrogen) atoms. The van der Waals surface area contributed by atoms with Crippen molar-refractivity contribution in [1.29, 1.82) is 0 Å². The number of carbonyl (C=O) groups is 1. The molecule has 2 aromatic carbocycles. The third-order valence-corrected chi connectivity index (χ3v) is 4.44. The number of benzene rings is 2. The molecule has 0 unspecified atom stereocenters. The maximum Gasteiger partial charge on any atom is 0.238 e. The quantitative estimate of drug-likeness (QED) is 0.439. The van der Waals surface area contributed by atoms with Gasteiger partial charge in [-0.05, 0) is 56.1 Å². The Bertz CT molecular complexity index is 1230. The van der Waals surface area contributed by atoms with Gasteiger partial charge in [-0.15, -0.1) is 0 Å². The fourth-order valence-corrected chi connectivity index (χ4v) is 3.05. The van der Waals surface area contributed by atoms with Crippen LogP contribution in [0.3, 0.4) is 0 Å². The van der Waals surface area contributed by atoms with E-state index in [0.29, 0.717) is 28.4 Å². The van der Waals surface area contributed by atoms with Crippen molar-refractivity contribution in [2.24, 2.45) is 10.7 Å². The smallest absolute Gasteiger partial charge is 0.238 e. The minimum Gasteiger partial charge on any atom is -0.325 e. The molecule has 0 radical (unpaired) electrons. The zero-order valence-corrected chi connectivity index (χ0v) is 19.3. The van der Waals surface area contributed by atoms with Crippen LogP contribution in [0.5, 0.6) is 0 Å². The summed E-state index contributed by atoms with van der Waals surface area (Å²) in [4.78, 5) is 24.1. The molecule has 4 rings (SSSR count). The Balaban J connectivity index is 0.000000714. The normalized spacial score (nSPS) is 9.88. The molecule has 0 spiro atoms. The van der Waals surface area contributed by atoms with Crippen LogP contribution in [0.25, 0.3) is 28.1 Å². The van der Waals surface area contributed by atoms with Gasteiger partial charge in [-0.2, -0.15) is 0 Å². The summed E-state index contributed by atoms with van der Waals surface area (Å²) in [5.41, 5.74) is 7.91. The summed E-state index contributed by atoms with van der Waals surface area (Å²) in [5, 5.41) is 3.47. The van der Waals surface area contributed by atoms with Crippen molar-refractivity contribution in [1.82, 2.24) is 14.5 Å². The van der Waals surface area contributed by atoms with Gasteiger partial charge in [0.25, 0.3) is 0 Å². The fourth-order valence-electron chi connectivity index (χ4n) is 3.05. The summed E-state index contributed by atoms with van der Waals surface area (Å²) in [6, 6.07) is 15.6. The Morgan fingerprint density at radius 2 is 1.85 bits per heavy atom. The van der Waals surface area contributed by atoms with Gasteiger partial charge in [0.05, 0.1) is 17.6 Å². The maximum absolute atomic E-state index is 14.3. The number of hydrogen-bond donors (Lipinski definition) is 2. The highest BCUT2D eigenvalue weighted by Crippen LogP contribution is 2.28. The van der Waals surface area contributed by atoms with Gasteiger partial charge >= 0.3 is 0 Å². The standard InChI is InChI=1S/C21H18FN5O.C2H5N.C2H6/c1-13-5-4-10-27(13)21-16-11-14(24-19(28)12-23)8-9-18(16)25-20(26-21)15-6-2-3-7-17(15)22;1-3-2;1-2/h2-11H,12,23H2,1H3,(H,24,28);1H2,2H3;1-2H3. The van der Waals surface area contributed by atoms with E-state index >= 15 is 0 Å². The number of anilines is 1. The molecule has 2 aromatic heterocycles. The predicted octanol–water partition coefficient (Wildman–Crippen LogP) is 4.78. The average Bonchev–Trinajstić information content (AvgIpc) is 3.26. The predicted molar refractivity (Wildman–Crippen MR) is 134 cm³/mol. The zero-order valence-electron chi connectivity index (χ0n) is 19.3. The molecular formula is C25H29FN6O. The van der Waals surface area contributed by atoms with E-state index in [-0.39, 0.29) is 18.3 Å². The molecule has 0 aliphatic heterocycles. The highest BCUT2D eigenvalue weighted by molar-refractivity contribution is 5.96. The number of carbonyl (C=O) groups excluding carboxylic acids is 1. The lowest BCUT2D eigenvalue weighted by Crippen LogP contribution is -2.21. The number of hydrogen-bond acceptors (Lipinski definition) is 5. The Morgan fingerprint density at radius 3 is 2.45 bits per heavy atom. The van der Waals surface area contributed by atoms with Gasteiger partial charge in [0.1, 0.15) is 11.6 Å². The van der Waals surface area contributed by atoms with Crippen LogP contribution in [0, 0.1) is 12.7 Å². The van der Waals surface area contributed by atoms with Crippen LogP contribution >= 0.6 is 0 Å². The van der Waals surface area contributed by atoms with Gasteiger partial charge in [0.2, 0.25) is 5.91 Å². The lowest BCUT2D eigenvalue weighted by atomic mass is 10.1. The van der Waals surface area contributed by atoms with E-state index in [1.165, 1.54) is 6.07 Å². The average molecular weight is 449 g/mol. The summed E-state index contributed by atoms with van der Waals surface area (Å²) in [5.74, 6) is 0.229. The fraction of sp³-hybridized carbons (Fsp3) is 0.200. The molecule has 0 atom stereocenters. The monoisotopic (exact) mass is 448 g/mol. The minimum absolute atomic E-state index is 0.107. The van der Waals surface area contributed by atoms with Gasteiger partial charge in [-0.25, -0.2) is 14.4 Å². The van der Waals surface area contributed by atoms with E-state index in [4.69, 9.17) is 5.73 Å². The molecule has 4 aromatic rings. The van der Waals surface area contributed by atoms with Gasteiger partial charge < -0.3 is 20.6 Å². The highest BCUT2D eigenvalue weighted by atomic mass is 19.1. The Kier molecular flexibility index (Phi) is 9.38. The summed E-state index contributed by atoms with van der Waals surface area (Å²) in [7, 11) is 1.64. The number of amides is 1. The first kappa shape index (κ1) is 25.4. The first-order chi connectivity index (χ1) is 16.0. The lowest BCUT2D eigenvalue weighted by Gasteiger charge is -2.13. The lowest BCUT2D eigenvalue weighted by molar-refractivity contribution is -0.114. The van der Waals surface area contributed by atoms with Crippen LogP contribution in [-0.4, -0.2) is 40.8 Å². The summed E-state index contributed by atoms with van der Waals surface area (Å²) < 4.78 is 16.2. The SMILES string of the molecule is C=NC.CC.Cc1cccn1-c1nc(-c2ccccc2F)nc2ccc(NC(=O)CN)cc12. The highest BCUT2D eigenvalue weighted by Gasteiger charge is 2.15. The molecule has 0 fully saturated rings. The number of aliphatic imine (C=N–C) groups is 1. The van der Waals surface area contributed by atoms with Crippen LogP contribution in [-0.2, 0) is 4.79 Å². The first-order valence-corrected chi connectivity index (χ1v) is 10.5. The molecule has 7 nitrogen and oxygen atoms in total. The summed E-state index contributed by atoms with van der Waals surface area (Å²) in [6.07, 6.45) is 1.88. The third kappa shape index (κ3) is 6.08. The van der Waals surface area contributed by atoms with E-state index in [1.54, 1.807) is 43.4 Å². The van der Waals surface area contributed by atoms with E-state index < -0.39 is 0 Å². The van der Waals surface area contributed by atoms with E-state index in [0.717, 1.165) is 11.1 Å². The molecule has 2 heterocycles. The summed E-state index contributed by atoms with van der Waals surface area (Å²) in [6.45, 7) is 8.96. The Morgan fingerprint density at radius 1 is 1.15 bits per heavy atom. The topological polar surface area (TPSA) is 98.2 Å². The number of nitrogens with one attached hydrogen (secondary N) is 1. The first-order valence-electron chi connectivity index (χ1n) is 10.5. The number of rotatable bonds is 4. The van der Waals surface area contributed by atoms with Crippen LogP contribution in [0.15, 0.2) is 65.8 Å². The number of nitrogens with two attached hydrogens (primary N) is 1. The van der Waals surface area contributed by atoms with Gasteiger partial charge in [0.15, 0.2) is 5.82 Å². The van der Waals surface area contributed by atoms with Crippen molar-refractivity contribution in [2.45, 2.75) is 20.8 Å². The van der Waals surface area contributed by atoms with Gasteiger partial charge in [-0.3, -0.25) is 4.79 Å².